The van der Waals surface area contributed by atoms with Gasteiger partial charge in [-0.05, 0) is 25.1 Å². The maximum Gasteiger partial charge on any atom is 0.225 e. The zero-order valence-electron chi connectivity index (χ0n) is 14.2. The van der Waals surface area contributed by atoms with Crippen molar-refractivity contribution in [1.29, 1.82) is 0 Å². The van der Waals surface area contributed by atoms with Gasteiger partial charge >= 0.3 is 0 Å². The summed E-state index contributed by atoms with van der Waals surface area (Å²) in [6.45, 7) is 2.91. The van der Waals surface area contributed by atoms with E-state index >= 15 is 0 Å². The summed E-state index contributed by atoms with van der Waals surface area (Å²) in [5.41, 5.74) is 3.92. The van der Waals surface area contributed by atoms with Crippen molar-refractivity contribution in [3.63, 3.8) is 0 Å². The van der Waals surface area contributed by atoms with Crippen molar-refractivity contribution < 1.29 is 5.11 Å². The summed E-state index contributed by atoms with van der Waals surface area (Å²) < 4.78 is 1.72. The minimum absolute atomic E-state index is 0.0604. The molecule has 130 valence electrons. The van der Waals surface area contributed by atoms with Crippen molar-refractivity contribution in [3.8, 4) is 11.6 Å². The molecule has 0 bridgehead atoms. The number of aliphatic imine (C=N–C) groups is 2. The number of aromatic nitrogens is 2. The number of fused-ring (bicyclic) bond motifs is 3. The summed E-state index contributed by atoms with van der Waals surface area (Å²) in [5.74, 6) is 0.722. The van der Waals surface area contributed by atoms with Crippen LogP contribution in [0.15, 0.2) is 58.5 Å². The minimum Gasteiger partial charge on any atom is -0.493 e. The lowest BCUT2D eigenvalue weighted by atomic mass is 10.0. The van der Waals surface area contributed by atoms with Crippen LogP contribution in [0.4, 0.5) is 0 Å². The molecule has 2 heterocycles. The Morgan fingerprint density at radius 1 is 1.23 bits per heavy atom. The van der Waals surface area contributed by atoms with Crippen LogP contribution >= 0.6 is 11.6 Å². The first kappa shape index (κ1) is 16.5. The molecule has 1 aliphatic rings. The van der Waals surface area contributed by atoms with Gasteiger partial charge in [-0.15, -0.1) is 0 Å². The van der Waals surface area contributed by atoms with E-state index in [2.05, 4.69) is 9.98 Å². The van der Waals surface area contributed by atoms with Crippen molar-refractivity contribution in [2.75, 3.05) is 6.54 Å². The fourth-order valence-electron chi connectivity index (χ4n) is 3.07. The van der Waals surface area contributed by atoms with E-state index in [0.29, 0.717) is 29.6 Å². The Bertz CT molecular complexity index is 1020. The number of hydrogen-bond acceptors (Lipinski definition) is 4. The van der Waals surface area contributed by atoms with Gasteiger partial charge in [0.1, 0.15) is 11.5 Å². The zero-order chi connectivity index (χ0) is 18.1. The highest BCUT2D eigenvalue weighted by Gasteiger charge is 2.24. The van der Waals surface area contributed by atoms with Crippen molar-refractivity contribution >= 4 is 23.5 Å². The van der Waals surface area contributed by atoms with E-state index in [1.807, 2.05) is 49.4 Å². The molecule has 4 rings (SSSR count). The van der Waals surface area contributed by atoms with Crippen molar-refractivity contribution in [1.82, 2.24) is 9.55 Å². The number of benzene rings is 2. The maximum atomic E-state index is 10.7. The van der Waals surface area contributed by atoms with Crippen LogP contribution in [0, 0.1) is 0 Å². The van der Waals surface area contributed by atoms with Crippen molar-refractivity contribution in [2.24, 2.45) is 9.98 Å². The highest BCUT2D eigenvalue weighted by Crippen LogP contribution is 2.32. The molecule has 0 spiro atoms. The Morgan fingerprint density at radius 3 is 2.81 bits per heavy atom. The van der Waals surface area contributed by atoms with Crippen LogP contribution in [0.1, 0.15) is 29.6 Å². The topological polar surface area (TPSA) is 62.8 Å². The fourth-order valence-corrected chi connectivity index (χ4v) is 3.24. The number of hydrogen-bond donors (Lipinski definition) is 1. The van der Waals surface area contributed by atoms with Gasteiger partial charge in [0.2, 0.25) is 5.88 Å². The van der Waals surface area contributed by atoms with E-state index < -0.39 is 0 Å². The summed E-state index contributed by atoms with van der Waals surface area (Å²) >= 11 is 6.26. The molecule has 0 radical (unpaired) electrons. The third kappa shape index (κ3) is 2.80. The fraction of sp³-hybridized carbons (Fsp3) is 0.150. The third-order valence-electron chi connectivity index (χ3n) is 4.23. The molecule has 5 nitrogen and oxygen atoms in total. The largest absolute Gasteiger partial charge is 0.493 e. The lowest BCUT2D eigenvalue weighted by Crippen LogP contribution is -2.07. The summed E-state index contributed by atoms with van der Waals surface area (Å²) in [6.07, 6.45) is 1.59. The molecule has 1 aromatic heterocycles. The molecule has 0 aliphatic carbocycles. The number of rotatable bonds is 3. The molecular weight excluding hydrogens is 348 g/mol. The second-order valence-corrected chi connectivity index (χ2v) is 6.33. The normalized spacial score (nSPS) is 13.2. The molecule has 0 unspecified atom stereocenters. The first-order valence-corrected chi connectivity index (χ1v) is 8.77. The second kappa shape index (κ2) is 6.77. The molecule has 2 aromatic carbocycles. The SMILES string of the molecule is CCN=Cc1nc2n(c1O)-c1ccc(Cl)cc1C(c1ccccc1)=NC2. The molecule has 0 fully saturated rings. The summed E-state index contributed by atoms with van der Waals surface area (Å²) in [7, 11) is 0. The van der Waals surface area contributed by atoms with Crippen LogP contribution in [-0.4, -0.2) is 33.1 Å². The molecule has 6 heteroatoms. The lowest BCUT2D eigenvalue weighted by Gasteiger charge is -2.13. The van der Waals surface area contributed by atoms with Crippen LogP contribution in [-0.2, 0) is 6.54 Å². The van der Waals surface area contributed by atoms with E-state index in [-0.39, 0.29) is 5.88 Å². The first-order valence-electron chi connectivity index (χ1n) is 8.39. The van der Waals surface area contributed by atoms with Gasteiger partial charge in [-0.3, -0.25) is 14.6 Å². The number of aromatic hydroxyl groups is 1. The molecule has 1 aliphatic heterocycles. The van der Waals surface area contributed by atoms with Gasteiger partial charge in [-0.1, -0.05) is 41.9 Å². The molecule has 0 amide bonds. The lowest BCUT2D eigenvalue weighted by molar-refractivity contribution is 0.439. The molecule has 1 N–H and O–H groups in total. The molecule has 26 heavy (non-hydrogen) atoms. The summed E-state index contributed by atoms with van der Waals surface area (Å²) in [5, 5.41) is 11.3. The second-order valence-electron chi connectivity index (χ2n) is 5.89. The zero-order valence-corrected chi connectivity index (χ0v) is 15.0. The van der Waals surface area contributed by atoms with Crippen molar-refractivity contribution in [3.05, 3.63) is 76.2 Å². The number of halogens is 1. The van der Waals surface area contributed by atoms with Crippen molar-refractivity contribution in [2.45, 2.75) is 13.5 Å². The molecular formula is C20H17ClN4O. The smallest absolute Gasteiger partial charge is 0.225 e. The van der Waals surface area contributed by atoms with Gasteiger partial charge in [0.25, 0.3) is 0 Å². The van der Waals surface area contributed by atoms with E-state index in [9.17, 15) is 5.11 Å². The van der Waals surface area contributed by atoms with Gasteiger partial charge in [-0.2, -0.15) is 0 Å². The van der Waals surface area contributed by atoms with Crippen LogP contribution in [0.5, 0.6) is 5.88 Å². The molecule has 0 saturated carbocycles. The molecule has 3 aromatic rings. The van der Waals surface area contributed by atoms with Gasteiger partial charge in [-0.25, -0.2) is 4.98 Å². The highest BCUT2D eigenvalue weighted by molar-refractivity contribution is 6.31. The predicted molar refractivity (Wildman–Crippen MR) is 104 cm³/mol. The monoisotopic (exact) mass is 364 g/mol. The Balaban J connectivity index is 1.95. The standard InChI is InChI=1S/C20H17ClN4O/c1-2-22-11-16-20(26)25-17-9-8-14(21)10-15(17)19(23-12-18(25)24-16)13-6-4-3-5-7-13/h3-11,26H,2,12H2,1H3. The highest BCUT2D eigenvalue weighted by atomic mass is 35.5. The molecule has 0 saturated heterocycles. The van der Waals surface area contributed by atoms with E-state index in [1.54, 1.807) is 16.8 Å². The number of imidazole rings is 1. The Kier molecular flexibility index (Phi) is 4.31. The van der Waals surface area contributed by atoms with E-state index in [4.69, 9.17) is 16.6 Å². The van der Waals surface area contributed by atoms with E-state index in [0.717, 1.165) is 22.5 Å². The van der Waals surface area contributed by atoms with Gasteiger partial charge in [0, 0.05) is 22.7 Å². The Hall–Kier alpha value is -2.92. The summed E-state index contributed by atoms with van der Waals surface area (Å²) in [4.78, 5) is 13.5. The maximum absolute atomic E-state index is 10.7. The average Bonchev–Trinajstić information content (AvgIpc) is 2.87. The number of nitrogens with zero attached hydrogens (tertiary/aromatic N) is 4. The van der Waals surface area contributed by atoms with Crippen LogP contribution < -0.4 is 0 Å². The predicted octanol–water partition coefficient (Wildman–Crippen LogP) is 4.02. The van der Waals surface area contributed by atoms with Gasteiger partial charge < -0.3 is 5.11 Å². The first-order chi connectivity index (χ1) is 12.7. The summed E-state index contributed by atoms with van der Waals surface area (Å²) in [6, 6.07) is 15.5. The average molecular weight is 365 g/mol. The van der Waals surface area contributed by atoms with E-state index in [1.165, 1.54) is 0 Å². The minimum atomic E-state index is 0.0604. The van der Waals surface area contributed by atoms with Gasteiger partial charge in [0.05, 0.1) is 24.2 Å². The van der Waals surface area contributed by atoms with Crippen LogP contribution in [0.2, 0.25) is 5.02 Å². The van der Waals surface area contributed by atoms with Crippen LogP contribution in [0.3, 0.4) is 0 Å². The Labute approximate surface area is 156 Å². The third-order valence-corrected chi connectivity index (χ3v) is 4.46. The van der Waals surface area contributed by atoms with Crippen LogP contribution in [0.25, 0.3) is 5.69 Å². The quantitative estimate of drug-likeness (QED) is 0.713. The molecule has 0 atom stereocenters. The Morgan fingerprint density at radius 2 is 2.04 bits per heavy atom. The van der Waals surface area contributed by atoms with Gasteiger partial charge in [0.15, 0.2) is 0 Å².